The lowest BCUT2D eigenvalue weighted by Gasteiger charge is -2.20. The van der Waals surface area contributed by atoms with Crippen molar-refractivity contribution in [3.63, 3.8) is 0 Å². The predicted molar refractivity (Wildman–Crippen MR) is 84.4 cm³/mol. The zero-order valence-corrected chi connectivity index (χ0v) is 12.9. The van der Waals surface area contributed by atoms with Crippen LogP contribution in [-0.4, -0.2) is 16.7 Å². The molecule has 0 spiro atoms. The van der Waals surface area contributed by atoms with Gasteiger partial charge in [-0.25, -0.2) is 9.18 Å². The predicted octanol–water partition coefficient (Wildman–Crippen LogP) is 4.11. The molecule has 0 bridgehead atoms. The lowest BCUT2D eigenvalue weighted by Crippen LogP contribution is -2.27. The number of carbonyl (C=O) groups excluding carboxylic acids is 1. The van der Waals surface area contributed by atoms with Gasteiger partial charge in [-0.2, -0.15) is 0 Å². The number of aromatic amines is 1. The van der Waals surface area contributed by atoms with E-state index in [1.54, 1.807) is 27.0 Å². The van der Waals surface area contributed by atoms with E-state index < -0.39 is 11.7 Å². The summed E-state index contributed by atoms with van der Waals surface area (Å²) in [7, 11) is 0. The lowest BCUT2D eigenvalue weighted by molar-refractivity contribution is 0.0636. The van der Waals surface area contributed by atoms with Gasteiger partial charge in [0.15, 0.2) is 0 Å². The van der Waals surface area contributed by atoms with Crippen LogP contribution in [0.5, 0.6) is 0 Å². The zero-order chi connectivity index (χ0) is 16.2. The highest BCUT2D eigenvalue weighted by molar-refractivity contribution is 5.85. The van der Waals surface area contributed by atoms with Gasteiger partial charge in [0.1, 0.15) is 11.4 Å². The van der Waals surface area contributed by atoms with Crippen molar-refractivity contribution in [2.75, 3.05) is 10.6 Å². The fourth-order valence-electron chi connectivity index (χ4n) is 1.83. The number of aromatic nitrogens is 1. The number of hydrogen-bond acceptors (Lipinski definition) is 3. The van der Waals surface area contributed by atoms with Crippen LogP contribution < -0.4 is 10.6 Å². The number of H-pyrrole nitrogens is 1. The molecule has 2 rings (SSSR count). The van der Waals surface area contributed by atoms with E-state index in [-0.39, 0.29) is 5.82 Å². The minimum Gasteiger partial charge on any atom is -0.444 e. The first-order valence-corrected chi connectivity index (χ1v) is 6.99. The molecule has 0 aliphatic rings. The highest BCUT2D eigenvalue weighted by Gasteiger charge is 2.16. The standard InChI is InChI=1S/C16H20FN3O2/c1-16(2,3)22-15(21)20-11-6-7-13(17)14(9-11)19-10-12-5-4-8-18-12/h4-9,18-19H,10H2,1-3H3,(H,20,21). The van der Waals surface area contributed by atoms with E-state index in [1.807, 2.05) is 12.1 Å². The van der Waals surface area contributed by atoms with Crippen molar-refractivity contribution in [1.82, 2.24) is 4.98 Å². The molecule has 0 aliphatic heterocycles. The number of hydrogen-bond donors (Lipinski definition) is 3. The van der Waals surface area contributed by atoms with Crippen LogP contribution in [0.4, 0.5) is 20.6 Å². The number of rotatable bonds is 4. The average molecular weight is 305 g/mol. The SMILES string of the molecule is CC(C)(C)OC(=O)Nc1ccc(F)c(NCc2ccc[nH]2)c1. The van der Waals surface area contributed by atoms with Gasteiger partial charge in [-0.15, -0.1) is 0 Å². The average Bonchev–Trinajstić information content (AvgIpc) is 2.90. The van der Waals surface area contributed by atoms with E-state index in [0.717, 1.165) is 5.69 Å². The summed E-state index contributed by atoms with van der Waals surface area (Å²) in [6, 6.07) is 8.08. The molecule has 0 radical (unpaired) electrons. The summed E-state index contributed by atoms with van der Waals surface area (Å²) >= 11 is 0. The smallest absolute Gasteiger partial charge is 0.412 e. The van der Waals surface area contributed by atoms with E-state index in [0.29, 0.717) is 17.9 Å². The van der Waals surface area contributed by atoms with E-state index in [4.69, 9.17) is 4.74 Å². The monoisotopic (exact) mass is 305 g/mol. The van der Waals surface area contributed by atoms with Crippen LogP contribution in [0.25, 0.3) is 0 Å². The van der Waals surface area contributed by atoms with Crippen LogP contribution in [-0.2, 0) is 11.3 Å². The largest absolute Gasteiger partial charge is 0.444 e. The number of halogens is 1. The second-order valence-corrected chi connectivity index (χ2v) is 5.87. The molecule has 1 aromatic carbocycles. The Morgan fingerprint density at radius 2 is 2.09 bits per heavy atom. The van der Waals surface area contributed by atoms with Crippen LogP contribution in [0.15, 0.2) is 36.5 Å². The Hall–Kier alpha value is -2.50. The normalized spacial score (nSPS) is 11.1. The van der Waals surface area contributed by atoms with Crippen molar-refractivity contribution in [1.29, 1.82) is 0 Å². The van der Waals surface area contributed by atoms with Gasteiger partial charge in [-0.05, 0) is 51.1 Å². The Balaban J connectivity index is 2.01. The van der Waals surface area contributed by atoms with Crippen molar-refractivity contribution in [2.45, 2.75) is 32.9 Å². The van der Waals surface area contributed by atoms with E-state index in [2.05, 4.69) is 15.6 Å². The molecule has 0 unspecified atom stereocenters. The minimum atomic E-state index is -0.585. The molecule has 0 aliphatic carbocycles. The zero-order valence-electron chi connectivity index (χ0n) is 12.9. The Morgan fingerprint density at radius 1 is 1.32 bits per heavy atom. The summed E-state index contributed by atoms with van der Waals surface area (Å²) in [5.41, 5.74) is 1.12. The van der Waals surface area contributed by atoms with Gasteiger partial charge >= 0.3 is 6.09 Å². The second-order valence-electron chi connectivity index (χ2n) is 5.87. The Labute approximate surface area is 128 Å². The number of ether oxygens (including phenoxy) is 1. The van der Waals surface area contributed by atoms with Gasteiger partial charge in [0.2, 0.25) is 0 Å². The van der Waals surface area contributed by atoms with Gasteiger partial charge in [-0.3, -0.25) is 5.32 Å². The van der Waals surface area contributed by atoms with Crippen LogP contribution >= 0.6 is 0 Å². The first-order valence-electron chi connectivity index (χ1n) is 6.99. The molecule has 0 saturated carbocycles. The first kappa shape index (κ1) is 15.9. The van der Waals surface area contributed by atoms with Crippen molar-refractivity contribution < 1.29 is 13.9 Å². The Bertz CT molecular complexity index is 633. The topological polar surface area (TPSA) is 66.2 Å². The number of nitrogens with one attached hydrogen (secondary N) is 3. The molecular formula is C16H20FN3O2. The minimum absolute atomic E-state index is 0.308. The van der Waals surface area contributed by atoms with E-state index >= 15 is 0 Å². The van der Waals surface area contributed by atoms with Crippen LogP contribution in [0.1, 0.15) is 26.5 Å². The molecule has 0 fully saturated rings. The fraction of sp³-hybridized carbons (Fsp3) is 0.312. The number of benzene rings is 1. The molecule has 6 heteroatoms. The molecule has 0 saturated heterocycles. The van der Waals surface area contributed by atoms with E-state index in [9.17, 15) is 9.18 Å². The first-order chi connectivity index (χ1) is 10.3. The molecule has 1 heterocycles. The van der Waals surface area contributed by atoms with Crippen molar-refractivity contribution in [3.05, 3.63) is 48.0 Å². The summed E-state index contributed by atoms with van der Waals surface area (Å²) in [4.78, 5) is 14.7. The summed E-state index contributed by atoms with van der Waals surface area (Å²) in [5.74, 6) is -0.388. The highest BCUT2D eigenvalue weighted by Crippen LogP contribution is 2.21. The van der Waals surface area contributed by atoms with Gasteiger partial charge in [0.05, 0.1) is 12.2 Å². The number of anilines is 2. The summed E-state index contributed by atoms with van der Waals surface area (Å²) < 4.78 is 19.0. The summed E-state index contributed by atoms with van der Waals surface area (Å²) in [6.07, 6.45) is 1.22. The van der Waals surface area contributed by atoms with Gasteiger partial charge in [0, 0.05) is 17.6 Å². The van der Waals surface area contributed by atoms with Crippen LogP contribution in [0.2, 0.25) is 0 Å². The van der Waals surface area contributed by atoms with E-state index in [1.165, 1.54) is 18.2 Å². The highest BCUT2D eigenvalue weighted by atomic mass is 19.1. The molecule has 2 aromatic rings. The molecule has 118 valence electrons. The van der Waals surface area contributed by atoms with Gasteiger partial charge in [-0.1, -0.05) is 0 Å². The fourth-order valence-corrected chi connectivity index (χ4v) is 1.83. The van der Waals surface area contributed by atoms with Crippen molar-refractivity contribution in [2.24, 2.45) is 0 Å². The molecule has 0 atom stereocenters. The van der Waals surface area contributed by atoms with Crippen molar-refractivity contribution >= 4 is 17.5 Å². The molecule has 1 aromatic heterocycles. The second kappa shape index (κ2) is 6.51. The maximum Gasteiger partial charge on any atom is 0.412 e. The van der Waals surface area contributed by atoms with Gasteiger partial charge < -0.3 is 15.0 Å². The molecule has 22 heavy (non-hydrogen) atoms. The summed E-state index contributed by atoms with van der Waals surface area (Å²) in [6.45, 7) is 5.79. The quantitative estimate of drug-likeness (QED) is 0.796. The molecular weight excluding hydrogens is 285 g/mol. The third-order valence-electron chi connectivity index (χ3n) is 2.74. The lowest BCUT2D eigenvalue weighted by atomic mass is 10.2. The molecule has 5 nitrogen and oxygen atoms in total. The molecule has 3 N–H and O–H groups in total. The third-order valence-corrected chi connectivity index (χ3v) is 2.74. The Kier molecular flexibility index (Phi) is 4.70. The summed E-state index contributed by atoms with van der Waals surface area (Å²) in [5, 5.41) is 5.56. The third kappa shape index (κ3) is 4.80. The molecule has 1 amide bonds. The Morgan fingerprint density at radius 3 is 2.73 bits per heavy atom. The van der Waals surface area contributed by atoms with Crippen LogP contribution in [0, 0.1) is 5.82 Å². The van der Waals surface area contributed by atoms with Crippen LogP contribution in [0.3, 0.4) is 0 Å². The maximum absolute atomic E-state index is 13.8. The van der Waals surface area contributed by atoms with Crippen molar-refractivity contribution in [3.8, 4) is 0 Å². The maximum atomic E-state index is 13.8. The number of amides is 1. The van der Waals surface area contributed by atoms with Gasteiger partial charge in [0.25, 0.3) is 0 Å². The number of carbonyl (C=O) groups is 1.